The zero-order valence-electron chi connectivity index (χ0n) is 10.5. The number of carbonyl (C=O) groups excluding carboxylic acids is 1. The van der Waals surface area contributed by atoms with E-state index in [9.17, 15) is 4.79 Å². The fraction of sp³-hybridized carbons (Fsp3) is 0.118. The molecule has 1 atom stereocenters. The molecule has 0 saturated heterocycles. The molecule has 0 heterocycles. The van der Waals surface area contributed by atoms with Crippen molar-refractivity contribution in [3.05, 3.63) is 78.4 Å². The van der Waals surface area contributed by atoms with Crippen LogP contribution in [-0.4, -0.2) is 6.29 Å². The molecule has 0 amide bonds. The van der Waals surface area contributed by atoms with Crippen LogP contribution in [0.4, 0.5) is 0 Å². The van der Waals surface area contributed by atoms with E-state index in [-0.39, 0.29) is 0 Å². The minimum absolute atomic E-state index is 0.678. The number of aldehydes is 1. The normalized spacial score (nSPS) is 13.6. The van der Waals surface area contributed by atoms with E-state index in [2.05, 4.69) is 6.58 Å². The highest BCUT2D eigenvalue weighted by atomic mass is 16.1. The van der Waals surface area contributed by atoms with Gasteiger partial charge in [-0.25, -0.2) is 0 Å². The highest BCUT2D eigenvalue weighted by molar-refractivity contribution is 5.90. The summed E-state index contributed by atoms with van der Waals surface area (Å²) >= 11 is 0. The molecule has 0 aromatic heterocycles. The molecular formula is C17H16O. The lowest BCUT2D eigenvalue weighted by molar-refractivity contribution is -0.110. The van der Waals surface area contributed by atoms with Gasteiger partial charge in [-0.1, -0.05) is 67.2 Å². The summed E-state index contributed by atoms with van der Waals surface area (Å²) in [5.41, 5.74) is 2.11. The van der Waals surface area contributed by atoms with Gasteiger partial charge in [0.2, 0.25) is 0 Å². The van der Waals surface area contributed by atoms with E-state index in [1.807, 2.05) is 67.6 Å². The molecular weight excluding hydrogens is 220 g/mol. The number of carbonyl (C=O) groups is 1. The second kappa shape index (κ2) is 5.01. The van der Waals surface area contributed by atoms with Gasteiger partial charge < -0.3 is 4.79 Å². The molecule has 1 heteroatoms. The van der Waals surface area contributed by atoms with Gasteiger partial charge in [-0.2, -0.15) is 0 Å². The lowest BCUT2D eigenvalue weighted by atomic mass is 9.75. The van der Waals surface area contributed by atoms with Crippen molar-refractivity contribution in [2.24, 2.45) is 0 Å². The Morgan fingerprint density at radius 3 is 2.00 bits per heavy atom. The van der Waals surface area contributed by atoms with Gasteiger partial charge in [-0.15, -0.1) is 0 Å². The quantitative estimate of drug-likeness (QED) is 0.737. The van der Waals surface area contributed by atoms with E-state index in [1.54, 1.807) is 0 Å². The Bertz CT molecular complexity index is 542. The van der Waals surface area contributed by atoms with Crippen LogP contribution in [0, 0.1) is 0 Å². The SMILES string of the molecule is C=C(c1ccccc1)C(C)(C=O)c1ccccc1. The van der Waals surface area contributed by atoms with E-state index in [4.69, 9.17) is 0 Å². The maximum absolute atomic E-state index is 11.6. The number of hydrogen-bond donors (Lipinski definition) is 0. The molecule has 1 unspecified atom stereocenters. The van der Waals surface area contributed by atoms with Crippen molar-refractivity contribution in [2.75, 3.05) is 0 Å². The zero-order chi connectivity index (χ0) is 13.0. The Morgan fingerprint density at radius 2 is 1.50 bits per heavy atom. The van der Waals surface area contributed by atoms with Crippen LogP contribution in [0.15, 0.2) is 67.2 Å². The zero-order valence-corrected chi connectivity index (χ0v) is 10.5. The maximum atomic E-state index is 11.6. The molecule has 2 aromatic rings. The fourth-order valence-electron chi connectivity index (χ4n) is 2.04. The molecule has 18 heavy (non-hydrogen) atoms. The molecule has 0 N–H and O–H groups in total. The molecule has 0 aliphatic heterocycles. The second-order valence-corrected chi connectivity index (χ2v) is 4.53. The van der Waals surface area contributed by atoms with Crippen molar-refractivity contribution < 1.29 is 4.79 Å². The standard InChI is InChI=1S/C17H16O/c1-14(15-9-5-3-6-10-15)17(2,13-18)16-11-7-4-8-12-16/h3-13H,1H2,2H3. The molecule has 0 saturated carbocycles. The van der Waals surface area contributed by atoms with E-state index in [0.29, 0.717) is 0 Å². The minimum atomic E-state index is -0.678. The summed E-state index contributed by atoms with van der Waals surface area (Å²) in [5.74, 6) is 0. The molecule has 2 rings (SSSR count). The van der Waals surface area contributed by atoms with E-state index < -0.39 is 5.41 Å². The number of rotatable bonds is 4. The fourth-order valence-corrected chi connectivity index (χ4v) is 2.04. The van der Waals surface area contributed by atoms with Crippen molar-refractivity contribution in [3.8, 4) is 0 Å². The summed E-state index contributed by atoms with van der Waals surface area (Å²) in [7, 11) is 0. The van der Waals surface area contributed by atoms with Gasteiger partial charge in [0.05, 0.1) is 5.41 Å². The largest absolute Gasteiger partial charge is 0.302 e. The number of hydrogen-bond acceptors (Lipinski definition) is 1. The second-order valence-electron chi connectivity index (χ2n) is 4.53. The Kier molecular flexibility index (Phi) is 3.42. The monoisotopic (exact) mass is 236 g/mol. The van der Waals surface area contributed by atoms with Crippen molar-refractivity contribution >= 4 is 11.9 Å². The Hall–Kier alpha value is -2.15. The smallest absolute Gasteiger partial charge is 0.134 e. The molecule has 90 valence electrons. The van der Waals surface area contributed by atoms with Crippen LogP contribution in [0.25, 0.3) is 5.57 Å². The van der Waals surface area contributed by atoms with Crippen molar-refractivity contribution in [3.63, 3.8) is 0 Å². The first-order valence-corrected chi connectivity index (χ1v) is 5.95. The van der Waals surface area contributed by atoms with Crippen LogP contribution in [0.5, 0.6) is 0 Å². The Labute approximate surface area is 108 Å². The van der Waals surface area contributed by atoms with Gasteiger partial charge in [0.1, 0.15) is 6.29 Å². The average Bonchev–Trinajstić information content (AvgIpc) is 2.47. The molecule has 0 spiro atoms. The van der Waals surface area contributed by atoms with Crippen LogP contribution in [-0.2, 0) is 10.2 Å². The Morgan fingerprint density at radius 1 is 1.00 bits per heavy atom. The van der Waals surface area contributed by atoms with Crippen LogP contribution in [0.2, 0.25) is 0 Å². The van der Waals surface area contributed by atoms with Gasteiger partial charge in [-0.3, -0.25) is 0 Å². The van der Waals surface area contributed by atoms with Crippen LogP contribution in [0.1, 0.15) is 18.1 Å². The maximum Gasteiger partial charge on any atom is 0.134 e. The van der Waals surface area contributed by atoms with Gasteiger partial charge >= 0.3 is 0 Å². The highest BCUT2D eigenvalue weighted by Gasteiger charge is 2.30. The summed E-state index contributed by atoms with van der Waals surface area (Å²) in [6, 6.07) is 19.6. The van der Waals surface area contributed by atoms with Gasteiger partial charge in [0.25, 0.3) is 0 Å². The predicted octanol–water partition coefficient (Wildman–Crippen LogP) is 3.86. The summed E-state index contributed by atoms with van der Waals surface area (Å²) in [5, 5.41) is 0. The number of benzene rings is 2. The van der Waals surface area contributed by atoms with Crippen LogP contribution >= 0.6 is 0 Å². The van der Waals surface area contributed by atoms with Gasteiger partial charge in [0.15, 0.2) is 0 Å². The van der Waals surface area contributed by atoms with E-state index in [0.717, 1.165) is 23.0 Å². The first-order valence-electron chi connectivity index (χ1n) is 5.95. The predicted molar refractivity (Wildman–Crippen MR) is 75.3 cm³/mol. The minimum Gasteiger partial charge on any atom is -0.302 e. The third-order valence-corrected chi connectivity index (χ3v) is 3.36. The molecule has 0 aliphatic rings. The van der Waals surface area contributed by atoms with E-state index >= 15 is 0 Å². The van der Waals surface area contributed by atoms with Crippen molar-refractivity contribution in [2.45, 2.75) is 12.3 Å². The molecule has 2 aromatic carbocycles. The van der Waals surface area contributed by atoms with Gasteiger partial charge in [-0.05, 0) is 23.6 Å². The van der Waals surface area contributed by atoms with Crippen molar-refractivity contribution in [1.29, 1.82) is 0 Å². The molecule has 0 aliphatic carbocycles. The summed E-state index contributed by atoms with van der Waals surface area (Å²) in [6.07, 6.45) is 0.970. The third kappa shape index (κ3) is 2.12. The van der Waals surface area contributed by atoms with Crippen molar-refractivity contribution in [1.82, 2.24) is 0 Å². The molecule has 0 radical (unpaired) electrons. The van der Waals surface area contributed by atoms with Crippen LogP contribution in [0.3, 0.4) is 0 Å². The molecule has 0 fully saturated rings. The first-order chi connectivity index (χ1) is 8.68. The first kappa shape index (κ1) is 12.3. The molecule has 1 nitrogen and oxygen atoms in total. The lowest BCUT2D eigenvalue weighted by Crippen LogP contribution is -2.25. The summed E-state index contributed by atoms with van der Waals surface area (Å²) in [6.45, 7) is 6.02. The van der Waals surface area contributed by atoms with Gasteiger partial charge in [0, 0.05) is 0 Å². The molecule has 0 bridgehead atoms. The summed E-state index contributed by atoms with van der Waals surface area (Å²) < 4.78 is 0. The van der Waals surface area contributed by atoms with Crippen LogP contribution < -0.4 is 0 Å². The highest BCUT2D eigenvalue weighted by Crippen LogP contribution is 2.35. The third-order valence-electron chi connectivity index (χ3n) is 3.36. The number of allylic oxidation sites excluding steroid dienone is 1. The summed E-state index contributed by atoms with van der Waals surface area (Å²) in [4.78, 5) is 11.6. The lowest BCUT2D eigenvalue weighted by Gasteiger charge is -2.26. The Balaban J connectivity index is 2.46. The average molecular weight is 236 g/mol. The topological polar surface area (TPSA) is 17.1 Å². The van der Waals surface area contributed by atoms with E-state index in [1.165, 1.54) is 0 Å².